The van der Waals surface area contributed by atoms with Gasteiger partial charge in [0.25, 0.3) is 0 Å². The van der Waals surface area contributed by atoms with Gasteiger partial charge in [0.05, 0.1) is 12.7 Å². The second-order valence-corrected chi connectivity index (χ2v) is 4.53. The van der Waals surface area contributed by atoms with Gasteiger partial charge in [-0.1, -0.05) is 6.07 Å². The van der Waals surface area contributed by atoms with Crippen LogP contribution in [0.3, 0.4) is 0 Å². The summed E-state index contributed by atoms with van der Waals surface area (Å²) in [4.78, 5) is 22.5. The molecule has 0 radical (unpaired) electrons. The standard InChI is InChI=1S/C12H14O4S/c1-16-11(13)6-3-7-17-10-5-2-4-9(8-10)12(14)15/h2,4-5,8H,3,6-7H2,1H3,(H,14,15). The Kier molecular flexibility index (Phi) is 5.56. The number of hydrogen-bond acceptors (Lipinski definition) is 4. The van der Waals surface area contributed by atoms with Crippen molar-refractivity contribution >= 4 is 23.7 Å². The molecule has 0 bridgehead atoms. The molecule has 92 valence electrons. The highest BCUT2D eigenvalue weighted by Gasteiger charge is 2.04. The van der Waals surface area contributed by atoms with Gasteiger partial charge in [-0.15, -0.1) is 11.8 Å². The molecule has 0 spiro atoms. The van der Waals surface area contributed by atoms with Gasteiger partial charge in [-0.3, -0.25) is 4.79 Å². The number of carboxylic acid groups (broad SMARTS) is 1. The van der Waals surface area contributed by atoms with E-state index in [-0.39, 0.29) is 11.5 Å². The molecule has 0 aliphatic carbocycles. The van der Waals surface area contributed by atoms with Crippen LogP contribution in [0.5, 0.6) is 0 Å². The van der Waals surface area contributed by atoms with Gasteiger partial charge < -0.3 is 9.84 Å². The molecule has 0 unspecified atom stereocenters. The van der Waals surface area contributed by atoms with Gasteiger partial charge in [0.2, 0.25) is 0 Å². The maximum absolute atomic E-state index is 10.9. The molecular formula is C12H14O4S. The summed E-state index contributed by atoms with van der Waals surface area (Å²) in [6.45, 7) is 0. The molecular weight excluding hydrogens is 240 g/mol. The number of benzene rings is 1. The molecule has 0 aromatic heterocycles. The summed E-state index contributed by atoms with van der Waals surface area (Å²) in [6.07, 6.45) is 1.11. The molecule has 1 rings (SSSR count). The van der Waals surface area contributed by atoms with Crippen LogP contribution in [0.1, 0.15) is 23.2 Å². The number of thioether (sulfide) groups is 1. The Balaban J connectivity index is 2.39. The zero-order valence-electron chi connectivity index (χ0n) is 9.51. The van der Waals surface area contributed by atoms with E-state index in [0.717, 1.165) is 10.6 Å². The minimum Gasteiger partial charge on any atom is -0.478 e. The highest BCUT2D eigenvalue weighted by Crippen LogP contribution is 2.20. The van der Waals surface area contributed by atoms with Gasteiger partial charge in [-0.2, -0.15) is 0 Å². The maximum Gasteiger partial charge on any atom is 0.335 e. The summed E-state index contributed by atoms with van der Waals surface area (Å²) in [5.41, 5.74) is 0.281. The molecule has 0 saturated heterocycles. The highest BCUT2D eigenvalue weighted by molar-refractivity contribution is 7.99. The van der Waals surface area contributed by atoms with Crippen LogP contribution in [-0.2, 0) is 9.53 Å². The van der Waals surface area contributed by atoms with Crippen molar-refractivity contribution < 1.29 is 19.4 Å². The van der Waals surface area contributed by atoms with Crippen molar-refractivity contribution in [3.8, 4) is 0 Å². The number of carbonyl (C=O) groups excluding carboxylic acids is 1. The second-order valence-electron chi connectivity index (χ2n) is 3.36. The SMILES string of the molecule is COC(=O)CCCSc1cccc(C(=O)O)c1. The molecule has 5 heteroatoms. The highest BCUT2D eigenvalue weighted by atomic mass is 32.2. The predicted octanol–water partition coefficient (Wildman–Crippen LogP) is 2.43. The molecule has 0 saturated carbocycles. The van der Waals surface area contributed by atoms with Crippen molar-refractivity contribution in [1.82, 2.24) is 0 Å². The van der Waals surface area contributed by atoms with Gasteiger partial charge >= 0.3 is 11.9 Å². The lowest BCUT2D eigenvalue weighted by molar-refractivity contribution is -0.140. The van der Waals surface area contributed by atoms with E-state index in [1.807, 2.05) is 6.07 Å². The lowest BCUT2D eigenvalue weighted by Gasteiger charge is -2.02. The van der Waals surface area contributed by atoms with Crippen LogP contribution in [0, 0.1) is 0 Å². The Morgan fingerprint density at radius 3 is 2.82 bits per heavy atom. The Morgan fingerprint density at radius 1 is 1.41 bits per heavy atom. The topological polar surface area (TPSA) is 63.6 Å². The smallest absolute Gasteiger partial charge is 0.335 e. The first-order chi connectivity index (χ1) is 8.13. The summed E-state index contributed by atoms with van der Waals surface area (Å²) in [6, 6.07) is 6.76. The minimum absolute atomic E-state index is 0.218. The molecule has 4 nitrogen and oxygen atoms in total. The summed E-state index contributed by atoms with van der Waals surface area (Å²) in [7, 11) is 1.37. The zero-order chi connectivity index (χ0) is 12.7. The van der Waals surface area contributed by atoms with Crippen molar-refractivity contribution in [1.29, 1.82) is 0 Å². The molecule has 0 fully saturated rings. The maximum atomic E-state index is 10.9. The van der Waals surface area contributed by atoms with Crippen LogP contribution in [-0.4, -0.2) is 29.9 Å². The molecule has 1 N–H and O–H groups in total. The molecule has 0 amide bonds. The summed E-state index contributed by atoms with van der Waals surface area (Å²) >= 11 is 1.53. The Morgan fingerprint density at radius 2 is 2.18 bits per heavy atom. The minimum atomic E-state index is -0.929. The fourth-order valence-electron chi connectivity index (χ4n) is 1.23. The van der Waals surface area contributed by atoms with Crippen LogP contribution in [0.2, 0.25) is 0 Å². The number of esters is 1. The van der Waals surface area contributed by atoms with E-state index < -0.39 is 5.97 Å². The number of carboxylic acids is 1. The number of hydrogen-bond donors (Lipinski definition) is 1. The van der Waals surface area contributed by atoms with Gasteiger partial charge in [-0.05, 0) is 30.4 Å². The third kappa shape index (κ3) is 4.91. The molecule has 0 aliphatic heterocycles. The van der Waals surface area contributed by atoms with Crippen LogP contribution in [0.15, 0.2) is 29.2 Å². The quantitative estimate of drug-likeness (QED) is 0.480. The largest absolute Gasteiger partial charge is 0.478 e. The van der Waals surface area contributed by atoms with E-state index in [1.54, 1.807) is 18.2 Å². The molecule has 0 atom stereocenters. The lowest BCUT2D eigenvalue weighted by atomic mass is 10.2. The van der Waals surface area contributed by atoms with Crippen molar-refractivity contribution in [2.75, 3.05) is 12.9 Å². The zero-order valence-corrected chi connectivity index (χ0v) is 10.3. The number of methoxy groups -OCH3 is 1. The third-order valence-corrected chi connectivity index (χ3v) is 3.18. The first-order valence-corrected chi connectivity index (χ1v) is 6.15. The lowest BCUT2D eigenvalue weighted by Crippen LogP contribution is -2.00. The van der Waals surface area contributed by atoms with E-state index in [0.29, 0.717) is 12.8 Å². The fraction of sp³-hybridized carbons (Fsp3) is 0.333. The fourth-order valence-corrected chi connectivity index (χ4v) is 2.14. The normalized spacial score (nSPS) is 9.94. The average Bonchev–Trinajstić information content (AvgIpc) is 2.34. The molecule has 0 heterocycles. The first-order valence-electron chi connectivity index (χ1n) is 5.16. The summed E-state index contributed by atoms with van der Waals surface area (Å²) < 4.78 is 4.53. The van der Waals surface area contributed by atoms with Crippen molar-refractivity contribution in [2.45, 2.75) is 17.7 Å². The van der Waals surface area contributed by atoms with Crippen LogP contribution in [0.4, 0.5) is 0 Å². The van der Waals surface area contributed by atoms with E-state index in [1.165, 1.54) is 18.9 Å². The number of rotatable bonds is 6. The molecule has 0 aliphatic rings. The van der Waals surface area contributed by atoms with Crippen molar-refractivity contribution in [3.63, 3.8) is 0 Å². The van der Waals surface area contributed by atoms with Crippen molar-refractivity contribution in [2.24, 2.45) is 0 Å². The second kappa shape index (κ2) is 6.96. The molecule has 1 aromatic rings. The van der Waals surface area contributed by atoms with E-state index in [4.69, 9.17) is 5.11 Å². The average molecular weight is 254 g/mol. The third-order valence-electron chi connectivity index (χ3n) is 2.10. The van der Waals surface area contributed by atoms with E-state index in [2.05, 4.69) is 4.74 Å². The Hall–Kier alpha value is -1.49. The van der Waals surface area contributed by atoms with E-state index >= 15 is 0 Å². The van der Waals surface area contributed by atoms with Gasteiger partial charge in [0.15, 0.2) is 0 Å². The number of carbonyl (C=O) groups is 2. The van der Waals surface area contributed by atoms with Gasteiger partial charge in [-0.25, -0.2) is 4.79 Å². The Labute approximate surface area is 104 Å². The van der Waals surface area contributed by atoms with Crippen LogP contribution in [0.25, 0.3) is 0 Å². The Bertz CT molecular complexity index is 403. The monoisotopic (exact) mass is 254 g/mol. The van der Waals surface area contributed by atoms with Gasteiger partial charge in [0, 0.05) is 11.3 Å². The van der Waals surface area contributed by atoms with E-state index in [9.17, 15) is 9.59 Å². The van der Waals surface area contributed by atoms with Crippen LogP contribution < -0.4 is 0 Å². The first kappa shape index (κ1) is 13.6. The predicted molar refractivity (Wildman–Crippen MR) is 65.4 cm³/mol. The summed E-state index contributed by atoms with van der Waals surface area (Å²) in [5, 5.41) is 8.82. The van der Waals surface area contributed by atoms with Gasteiger partial charge in [0.1, 0.15) is 0 Å². The number of ether oxygens (including phenoxy) is 1. The van der Waals surface area contributed by atoms with Crippen LogP contribution >= 0.6 is 11.8 Å². The molecule has 17 heavy (non-hydrogen) atoms. The summed E-state index contributed by atoms with van der Waals surface area (Å²) in [5.74, 6) is -0.384. The van der Waals surface area contributed by atoms with Crippen molar-refractivity contribution in [3.05, 3.63) is 29.8 Å². The molecule has 1 aromatic carbocycles. The number of aromatic carboxylic acids is 1.